The van der Waals surface area contributed by atoms with Gasteiger partial charge in [0.15, 0.2) is 0 Å². The van der Waals surface area contributed by atoms with Crippen LogP contribution >= 0.6 is 0 Å². The Morgan fingerprint density at radius 2 is 1.78 bits per heavy atom. The minimum Gasteiger partial charge on any atom is -0.497 e. The third-order valence-corrected chi connectivity index (χ3v) is 2.90. The molecule has 0 aliphatic carbocycles. The highest BCUT2D eigenvalue weighted by atomic mass is 16.5. The van der Waals surface area contributed by atoms with Crippen LogP contribution in [0.15, 0.2) is 18.2 Å². The molecule has 0 aliphatic heterocycles. The third kappa shape index (κ3) is 2.94. The Hall–Kier alpha value is -1.71. The second-order valence-electron chi connectivity index (χ2n) is 4.35. The van der Waals surface area contributed by atoms with E-state index in [9.17, 15) is 4.79 Å². The van der Waals surface area contributed by atoms with Crippen molar-refractivity contribution in [3.8, 4) is 11.5 Å². The van der Waals surface area contributed by atoms with Gasteiger partial charge < -0.3 is 14.2 Å². The Balaban J connectivity index is 3.23. The molecule has 0 aliphatic rings. The Bertz CT molecular complexity index is 412. The normalized spacial score (nSPS) is 12.1. The highest BCUT2D eigenvalue weighted by Crippen LogP contribution is 2.35. The predicted molar refractivity (Wildman–Crippen MR) is 69.1 cm³/mol. The first-order valence-corrected chi connectivity index (χ1v) is 5.84. The van der Waals surface area contributed by atoms with Gasteiger partial charge in [-0.05, 0) is 12.0 Å². The van der Waals surface area contributed by atoms with Gasteiger partial charge in [-0.15, -0.1) is 0 Å². The molecule has 4 nitrogen and oxygen atoms in total. The fourth-order valence-corrected chi connectivity index (χ4v) is 1.96. The predicted octanol–water partition coefficient (Wildman–Crippen LogP) is 2.62. The van der Waals surface area contributed by atoms with Crippen molar-refractivity contribution in [2.45, 2.75) is 19.8 Å². The monoisotopic (exact) mass is 252 g/mol. The van der Waals surface area contributed by atoms with Crippen LogP contribution in [0.4, 0.5) is 0 Å². The van der Waals surface area contributed by atoms with E-state index in [0.29, 0.717) is 11.5 Å². The van der Waals surface area contributed by atoms with Crippen LogP contribution in [-0.2, 0) is 9.53 Å². The van der Waals surface area contributed by atoms with Gasteiger partial charge in [0.25, 0.3) is 0 Å². The zero-order chi connectivity index (χ0) is 13.7. The number of esters is 1. The maximum Gasteiger partial charge on any atom is 0.313 e. The Morgan fingerprint density at radius 1 is 1.11 bits per heavy atom. The molecule has 4 heteroatoms. The minimum atomic E-state index is -0.337. The molecule has 0 heterocycles. The lowest BCUT2D eigenvalue weighted by Crippen LogP contribution is -2.20. The van der Waals surface area contributed by atoms with Gasteiger partial charge in [0.2, 0.25) is 0 Å². The molecule has 0 radical (unpaired) electrons. The number of carbonyl (C=O) groups is 1. The summed E-state index contributed by atoms with van der Waals surface area (Å²) in [5.41, 5.74) is 0.820. The molecule has 0 N–H and O–H groups in total. The van der Waals surface area contributed by atoms with Crippen molar-refractivity contribution in [1.29, 1.82) is 0 Å². The number of hydrogen-bond donors (Lipinski definition) is 0. The maximum atomic E-state index is 11.9. The van der Waals surface area contributed by atoms with Crippen LogP contribution in [0.5, 0.6) is 11.5 Å². The van der Waals surface area contributed by atoms with Crippen molar-refractivity contribution in [2.24, 2.45) is 5.92 Å². The van der Waals surface area contributed by atoms with Gasteiger partial charge in [-0.1, -0.05) is 19.9 Å². The molecule has 0 saturated carbocycles. The average molecular weight is 252 g/mol. The summed E-state index contributed by atoms with van der Waals surface area (Å²) in [5.74, 6) is 0.866. The van der Waals surface area contributed by atoms with E-state index in [4.69, 9.17) is 14.2 Å². The molecular formula is C14H20O4. The molecule has 0 bridgehead atoms. The zero-order valence-electron chi connectivity index (χ0n) is 11.5. The molecule has 1 rings (SSSR count). The van der Waals surface area contributed by atoms with Crippen LogP contribution in [0, 0.1) is 5.92 Å². The van der Waals surface area contributed by atoms with Gasteiger partial charge >= 0.3 is 5.97 Å². The quantitative estimate of drug-likeness (QED) is 0.756. The molecule has 1 atom stereocenters. The molecule has 100 valence electrons. The van der Waals surface area contributed by atoms with E-state index in [0.717, 1.165) is 5.56 Å². The van der Waals surface area contributed by atoms with Crippen LogP contribution in [0.3, 0.4) is 0 Å². The number of ether oxygens (including phenoxy) is 3. The molecule has 0 aromatic heterocycles. The summed E-state index contributed by atoms with van der Waals surface area (Å²) < 4.78 is 15.3. The molecule has 0 amide bonds. The summed E-state index contributed by atoms with van der Waals surface area (Å²) in [6.07, 6.45) is 0. The number of carbonyl (C=O) groups excluding carboxylic acids is 1. The highest BCUT2D eigenvalue weighted by Gasteiger charge is 2.28. The Kier molecular flexibility index (Phi) is 5.01. The lowest BCUT2D eigenvalue weighted by molar-refractivity contribution is -0.143. The van der Waals surface area contributed by atoms with E-state index in [1.54, 1.807) is 20.3 Å². The van der Waals surface area contributed by atoms with E-state index in [2.05, 4.69) is 0 Å². The number of benzene rings is 1. The number of rotatable bonds is 5. The first-order chi connectivity index (χ1) is 8.54. The van der Waals surface area contributed by atoms with Crippen molar-refractivity contribution in [3.63, 3.8) is 0 Å². The van der Waals surface area contributed by atoms with Gasteiger partial charge in [0.1, 0.15) is 11.5 Å². The van der Waals surface area contributed by atoms with E-state index < -0.39 is 0 Å². The van der Waals surface area contributed by atoms with Crippen molar-refractivity contribution < 1.29 is 19.0 Å². The smallest absolute Gasteiger partial charge is 0.313 e. The fourth-order valence-electron chi connectivity index (χ4n) is 1.96. The SMILES string of the molecule is COC(=O)C(c1ccc(OC)cc1OC)C(C)C. The molecule has 18 heavy (non-hydrogen) atoms. The van der Waals surface area contributed by atoms with E-state index >= 15 is 0 Å². The molecule has 1 aromatic rings. The zero-order valence-corrected chi connectivity index (χ0v) is 11.5. The summed E-state index contributed by atoms with van der Waals surface area (Å²) in [6, 6.07) is 5.43. The van der Waals surface area contributed by atoms with Crippen molar-refractivity contribution in [2.75, 3.05) is 21.3 Å². The molecule has 1 aromatic carbocycles. The van der Waals surface area contributed by atoms with Gasteiger partial charge in [-0.25, -0.2) is 0 Å². The standard InChI is InChI=1S/C14H20O4/c1-9(2)13(14(15)18-5)11-7-6-10(16-3)8-12(11)17-4/h6-9,13H,1-5H3. The molecule has 1 unspecified atom stereocenters. The number of methoxy groups -OCH3 is 3. The summed E-state index contributed by atoms with van der Waals surface area (Å²) in [7, 11) is 4.56. The third-order valence-electron chi connectivity index (χ3n) is 2.90. The lowest BCUT2D eigenvalue weighted by atomic mass is 9.88. The maximum absolute atomic E-state index is 11.9. The van der Waals surface area contributed by atoms with Crippen LogP contribution in [-0.4, -0.2) is 27.3 Å². The minimum absolute atomic E-state index is 0.125. The first-order valence-electron chi connectivity index (χ1n) is 5.84. The van der Waals surface area contributed by atoms with Crippen LogP contribution in [0.25, 0.3) is 0 Å². The van der Waals surface area contributed by atoms with Crippen LogP contribution in [0.1, 0.15) is 25.3 Å². The van der Waals surface area contributed by atoms with Gasteiger partial charge in [-0.2, -0.15) is 0 Å². The van der Waals surface area contributed by atoms with Crippen LogP contribution < -0.4 is 9.47 Å². The summed E-state index contributed by atoms with van der Waals surface area (Å²) in [5, 5.41) is 0. The second kappa shape index (κ2) is 6.28. The average Bonchev–Trinajstić information content (AvgIpc) is 2.38. The van der Waals surface area contributed by atoms with E-state index in [1.165, 1.54) is 7.11 Å². The first kappa shape index (κ1) is 14.4. The second-order valence-corrected chi connectivity index (χ2v) is 4.35. The Morgan fingerprint density at radius 3 is 2.22 bits per heavy atom. The van der Waals surface area contributed by atoms with Gasteiger partial charge in [0.05, 0.1) is 27.2 Å². The summed E-state index contributed by atoms with van der Waals surface area (Å²) >= 11 is 0. The molecule has 0 fully saturated rings. The van der Waals surface area contributed by atoms with E-state index in [1.807, 2.05) is 26.0 Å². The van der Waals surface area contributed by atoms with Crippen LogP contribution in [0.2, 0.25) is 0 Å². The number of hydrogen-bond acceptors (Lipinski definition) is 4. The van der Waals surface area contributed by atoms with E-state index in [-0.39, 0.29) is 17.8 Å². The summed E-state index contributed by atoms with van der Waals surface area (Å²) in [4.78, 5) is 11.9. The lowest BCUT2D eigenvalue weighted by Gasteiger charge is -2.21. The highest BCUT2D eigenvalue weighted by molar-refractivity contribution is 5.79. The Labute approximate surface area is 108 Å². The largest absolute Gasteiger partial charge is 0.497 e. The fraction of sp³-hybridized carbons (Fsp3) is 0.500. The van der Waals surface area contributed by atoms with Gasteiger partial charge in [0, 0.05) is 11.6 Å². The topological polar surface area (TPSA) is 44.8 Å². The molecule has 0 spiro atoms. The molecular weight excluding hydrogens is 232 g/mol. The van der Waals surface area contributed by atoms with Crippen molar-refractivity contribution in [1.82, 2.24) is 0 Å². The van der Waals surface area contributed by atoms with Crippen molar-refractivity contribution >= 4 is 5.97 Å². The van der Waals surface area contributed by atoms with Crippen molar-refractivity contribution in [3.05, 3.63) is 23.8 Å². The summed E-state index contributed by atoms with van der Waals surface area (Å²) in [6.45, 7) is 3.95. The van der Waals surface area contributed by atoms with Gasteiger partial charge in [-0.3, -0.25) is 4.79 Å². The molecule has 0 saturated heterocycles.